The SMILES string of the molecule is CCOCCCNc1nc2c(C)cccn2c(=O)c1C=C1SC(=S)N(c2c(C)n(C)n(-c3ccccc3)c2=O)C1=O. The van der Waals surface area contributed by atoms with E-state index in [0.717, 1.165) is 17.3 Å². The van der Waals surface area contributed by atoms with E-state index in [-0.39, 0.29) is 31.6 Å². The third kappa shape index (κ3) is 5.25. The maximum Gasteiger partial charge on any atom is 0.296 e. The third-order valence-electron chi connectivity index (χ3n) is 6.86. The fourth-order valence-electron chi connectivity index (χ4n) is 4.71. The molecular formula is C29H30N6O4S2. The Morgan fingerprint density at radius 2 is 1.83 bits per heavy atom. The van der Waals surface area contributed by atoms with Crippen LogP contribution in [0.3, 0.4) is 0 Å². The predicted octanol–water partition coefficient (Wildman–Crippen LogP) is 4.05. The van der Waals surface area contributed by atoms with Crippen molar-refractivity contribution >= 4 is 57.4 Å². The minimum atomic E-state index is -0.470. The highest BCUT2D eigenvalue weighted by molar-refractivity contribution is 8.27. The van der Waals surface area contributed by atoms with E-state index in [4.69, 9.17) is 21.9 Å². The highest BCUT2D eigenvalue weighted by atomic mass is 32.2. The lowest BCUT2D eigenvalue weighted by Crippen LogP contribution is -2.33. The van der Waals surface area contributed by atoms with Crippen LogP contribution in [0.25, 0.3) is 17.4 Å². The molecule has 1 aromatic carbocycles. The molecule has 0 radical (unpaired) electrons. The van der Waals surface area contributed by atoms with Gasteiger partial charge in [0.15, 0.2) is 4.32 Å². The Kier molecular flexibility index (Phi) is 8.25. The number of aromatic nitrogens is 4. The lowest BCUT2D eigenvalue weighted by Gasteiger charge is -2.13. The number of para-hydroxylation sites is 1. The molecule has 10 nitrogen and oxygen atoms in total. The van der Waals surface area contributed by atoms with Crippen LogP contribution in [-0.4, -0.2) is 48.7 Å². The molecule has 0 bridgehead atoms. The molecule has 1 saturated heterocycles. The van der Waals surface area contributed by atoms with Gasteiger partial charge in [-0.05, 0) is 57.0 Å². The zero-order valence-corrected chi connectivity index (χ0v) is 24.8. The van der Waals surface area contributed by atoms with Gasteiger partial charge in [-0.25, -0.2) is 9.67 Å². The van der Waals surface area contributed by atoms with Crippen LogP contribution in [0.4, 0.5) is 11.5 Å². The summed E-state index contributed by atoms with van der Waals surface area (Å²) in [6, 6.07) is 12.8. The van der Waals surface area contributed by atoms with Gasteiger partial charge in [-0.2, -0.15) is 0 Å². The molecule has 1 amide bonds. The second kappa shape index (κ2) is 11.9. The topological polar surface area (TPSA) is 103 Å². The lowest BCUT2D eigenvalue weighted by atomic mass is 10.2. The molecule has 0 atom stereocenters. The molecule has 12 heteroatoms. The Hall–Kier alpha value is -4.00. The number of anilines is 2. The van der Waals surface area contributed by atoms with Crippen molar-refractivity contribution in [2.24, 2.45) is 7.05 Å². The van der Waals surface area contributed by atoms with Crippen molar-refractivity contribution in [1.29, 1.82) is 0 Å². The molecule has 4 heterocycles. The fourth-order valence-corrected chi connectivity index (χ4v) is 5.96. The van der Waals surface area contributed by atoms with Gasteiger partial charge in [0, 0.05) is 33.0 Å². The van der Waals surface area contributed by atoms with E-state index in [1.807, 2.05) is 50.2 Å². The Morgan fingerprint density at radius 3 is 2.56 bits per heavy atom. The maximum absolute atomic E-state index is 13.8. The van der Waals surface area contributed by atoms with Crippen LogP contribution in [0, 0.1) is 13.8 Å². The van der Waals surface area contributed by atoms with Crippen LogP contribution in [-0.2, 0) is 16.6 Å². The van der Waals surface area contributed by atoms with Crippen molar-refractivity contribution in [2.75, 3.05) is 30.0 Å². The van der Waals surface area contributed by atoms with Crippen LogP contribution in [0.1, 0.15) is 30.2 Å². The average Bonchev–Trinajstić information content (AvgIpc) is 3.35. The Balaban J connectivity index is 1.57. The first-order valence-electron chi connectivity index (χ1n) is 13.2. The summed E-state index contributed by atoms with van der Waals surface area (Å²) < 4.78 is 10.3. The molecule has 5 rings (SSSR count). The van der Waals surface area contributed by atoms with Gasteiger partial charge in [0.25, 0.3) is 17.0 Å². The summed E-state index contributed by atoms with van der Waals surface area (Å²) in [5.74, 6) is -0.101. The smallest absolute Gasteiger partial charge is 0.296 e. The van der Waals surface area contributed by atoms with E-state index in [1.165, 1.54) is 20.1 Å². The molecule has 0 aliphatic carbocycles. The van der Waals surface area contributed by atoms with Crippen molar-refractivity contribution in [1.82, 2.24) is 18.7 Å². The number of thioether (sulfide) groups is 1. The summed E-state index contributed by atoms with van der Waals surface area (Å²) >= 11 is 6.64. The number of pyridine rings is 1. The minimum absolute atomic E-state index is 0.181. The molecular weight excluding hydrogens is 560 g/mol. The summed E-state index contributed by atoms with van der Waals surface area (Å²) in [7, 11) is 1.76. The van der Waals surface area contributed by atoms with Gasteiger partial charge in [0.1, 0.15) is 17.2 Å². The number of carbonyl (C=O) groups excluding carboxylic acids is 1. The number of hydrogen-bond donors (Lipinski definition) is 1. The van der Waals surface area contributed by atoms with Crippen LogP contribution in [0.15, 0.2) is 63.2 Å². The number of thiocarbonyl (C=S) groups is 1. The Morgan fingerprint density at radius 1 is 1.07 bits per heavy atom. The normalized spacial score (nSPS) is 14.5. The van der Waals surface area contributed by atoms with Crippen LogP contribution >= 0.6 is 24.0 Å². The van der Waals surface area contributed by atoms with Crippen LogP contribution in [0.2, 0.25) is 0 Å². The van der Waals surface area contributed by atoms with Gasteiger partial charge in [-0.3, -0.25) is 28.4 Å². The standard InChI is InChI=1S/C29H30N6O4S2/c1-5-39-16-10-14-30-24-21(26(36)33-15-9-11-18(2)25(33)31-24)17-22-27(37)34(29(40)41-22)23-19(3)32(4)35(28(23)38)20-12-7-6-8-13-20/h6-9,11-13,15,17,30H,5,10,14,16H2,1-4H3. The minimum Gasteiger partial charge on any atom is -0.382 e. The number of nitrogens with zero attached hydrogens (tertiary/aromatic N) is 5. The molecule has 4 aromatic rings. The zero-order valence-electron chi connectivity index (χ0n) is 23.2. The highest BCUT2D eigenvalue weighted by Gasteiger charge is 2.38. The summed E-state index contributed by atoms with van der Waals surface area (Å²) in [4.78, 5) is 47.3. The van der Waals surface area contributed by atoms with Gasteiger partial charge in [0.2, 0.25) is 0 Å². The first kappa shape index (κ1) is 28.5. The van der Waals surface area contributed by atoms with Crippen molar-refractivity contribution < 1.29 is 9.53 Å². The molecule has 3 aromatic heterocycles. The fraction of sp³-hybridized carbons (Fsp3) is 0.276. The number of amides is 1. The van der Waals surface area contributed by atoms with Crippen LogP contribution < -0.4 is 21.3 Å². The number of fused-ring (bicyclic) bond motifs is 1. The molecule has 1 N–H and O–H groups in total. The molecule has 0 unspecified atom stereocenters. The average molecular weight is 591 g/mol. The molecule has 0 saturated carbocycles. The van der Waals surface area contributed by atoms with Gasteiger partial charge < -0.3 is 10.1 Å². The molecule has 1 aliphatic heterocycles. The van der Waals surface area contributed by atoms with E-state index in [1.54, 1.807) is 30.9 Å². The van der Waals surface area contributed by atoms with Crippen molar-refractivity contribution in [3.63, 3.8) is 0 Å². The quantitative estimate of drug-likeness (QED) is 0.177. The Bertz CT molecular complexity index is 1810. The molecule has 0 spiro atoms. The lowest BCUT2D eigenvalue weighted by molar-refractivity contribution is -0.113. The van der Waals surface area contributed by atoms with E-state index >= 15 is 0 Å². The number of carbonyl (C=O) groups is 1. The van der Waals surface area contributed by atoms with E-state index in [9.17, 15) is 14.4 Å². The summed E-state index contributed by atoms with van der Waals surface area (Å²) in [5, 5.41) is 3.25. The number of rotatable bonds is 9. The third-order valence-corrected chi connectivity index (χ3v) is 8.17. The second-order valence-electron chi connectivity index (χ2n) is 9.47. The van der Waals surface area contributed by atoms with E-state index in [0.29, 0.717) is 49.0 Å². The maximum atomic E-state index is 13.8. The van der Waals surface area contributed by atoms with E-state index in [2.05, 4.69) is 5.32 Å². The second-order valence-corrected chi connectivity index (χ2v) is 11.1. The van der Waals surface area contributed by atoms with Gasteiger partial charge in [0.05, 0.1) is 21.8 Å². The molecule has 1 fully saturated rings. The van der Waals surface area contributed by atoms with Crippen molar-refractivity contribution in [2.45, 2.75) is 27.2 Å². The summed E-state index contributed by atoms with van der Waals surface area (Å²) in [6.07, 6.45) is 3.88. The Labute approximate surface area is 246 Å². The molecule has 41 heavy (non-hydrogen) atoms. The number of ether oxygens (including phenoxy) is 1. The number of aryl methyl sites for hydroxylation is 1. The highest BCUT2D eigenvalue weighted by Crippen LogP contribution is 2.36. The number of nitrogens with one attached hydrogen (secondary N) is 1. The van der Waals surface area contributed by atoms with Gasteiger partial charge >= 0.3 is 0 Å². The first-order chi connectivity index (χ1) is 19.7. The molecule has 1 aliphatic rings. The number of hydrogen-bond acceptors (Lipinski definition) is 8. The van der Waals surface area contributed by atoms with Crippen molar-refractivity contribution in [3.05, 3.63) is 91.1 Å². The largest absolute Gasteiger partial charge is 0.382 e. The summed E-state index contributed by atoms with van der Waals surface area (Å²) in [6.45, 7) is 7.31. The van der Waals surface area contributed by atoms with Gasteiger partial charge in [-0.15, -0.1) is 0 Å². The summed E-state index contributed by atoms with van der Waals surface area (Å²) in [5.41, 5.74) is 2.34. The van der Waals surface area contributed by atoms with Gasteiger partial charge in [-0.1, -0.05) is 48.2 Å². The zero-order chi connectivity index (χ0) is 29.3. The number of benzene rings is 1. The molecule has 212 valence electrons. The monoisotopic (exact) mass is 590 g/mol. The predicted molar refractivity (Wildman–Crippen MR) is 167 cm³/mol. The van der Waals surface area contributed by atoms with E-state index < -0.39 is 5.91 Å². The van der Waals surface area contributed by atoms with Crippen molar-refractivity contribution in [3.8, 4) is 5.69 Å². The van der Waals surface area contributed by atoms with Crippen LogP contribution in [0.5, 0.6) is 0 Å². The first-order valence-corrected chi connectivity index (χ1v) is 14.4.